The lowest BCUT2D eigenvalue weighted by atomic mass is 9.92. The lowest BCUT2D eigenvalue weighted by Crippen LogP contribution is -2.43. The maximum atomic E-state index is 9.37. The zero-order valence-electron chi connectivity index (χ0n) is 13.0. The Morgan fingerprint density at radius 2 is 1.75 bits per heavy atom. The molecule has 1 rings (SSSR count). The lowest BCUT2D eigenvalue weighted by molar-refractivity contribution is 0.180. The highest BCUT2D eigenvalue weighted by molar-refractivity contribution is 5.45. The Labute approximate surface area is 123 Å². The molecule has 0 aliphatic carbocycles. The Morgan fingerprint density at radius 3 is 2.30 bits per heavy atom. The minimum Gasteiger partial charge on any atom is -0.394 e. The molecule has 0 amide bonds. The van der Waals surface area contributed by atoms with Gasteiger partial charge in [0, 0.05) is 24.3 Å². The van der Waals surface area contributed by atoms with Gasteiger partial charge in [0.1, 0.15) is 0 Å². The number of aliphatic hydroxyl groups excluding tert-OH is 1. The van der Waals surface area contributed by atoms with E-state index in [2.05, 4.69) is 42.2 Å². The SMILES string of the molecule is CCCCN(CCCC(N)(CC)CO)c1ccccc1. The van der Waals surface area contributed by atoms with Gasteiger partial charge in [0.2, 0.25) is 0 Å². The number of para-hydroxylation sites is 1. The van der Waals surface area contributed by atoms with Crippen LogP contribution in [-0.2, 0) is 0 Å². The first kappa shape index (κ1) is 17.0. The number of unbranched alkanes of at least 4 members (excludes halogenated alkanes) is 1. The zero-order chi connectivity index (χ0) is 14.8. The number of anilines is 1. The Hall–Kier alpha value is -1.06. The topological polar surface area (TPSA) is 49.5 Å². The molecule has 0 saturated heterocycles. The van der Waals surface area contributed by atoms with E-state index < -0.39 is 5.54 Å². The number of hydrogen-bond donors (Lipinski definition) is 2. The lowest BCUT2D eigenvalue weighted by Gasteiger charge is -2.29. The molecule has 0 fully saturated rings. The molecule has 3 N–H and O–H groups in total. The Kier molecular flexibility index (Phi) is 7.63. The van der Waals surface area contributed by atoms with Crippen LogP contribution in [0.4, 0.5) is 5.69 Å². The number of nitrogens with two attached hydrogens (primary N) is 1. The molecule has 1 unspecified atom stereocenters. The van der Waals surface area contributed by atoms with Gasteiger partial charge in [0.05, 0.1) is 6.61 Å². The van der Waals surface area contributed by atoms with Crippen molar-refractivity contribution >= 4 is 5.69 Å². The average Bonchev–Trinajstić information content (AvgIpc) is 2.51. The summed E-state index contributed by atoms with van der Waals surface area (Å²) in [5.74, 6) is 0. The molecule has 0 radical (unpaired) electrons. The molecule has 0 aliphatic rings. The van der Waals surface area contributed by atoms with Crippen molar-refractivity contribution in [1.29, 1.82) is 0 Å². The van der Waals surface area contributed by atoms with Crippen LogP contribution in [0.15, 0.2) is 30.3 Å². The molecule has 0 saturated carbocycles. The van der Waals surface area contributed by atoms with Crippen molar-refractivity contribution in [2.45, 2.75) is 51.5 Å². The molecule has 0 aromatic heterocycles. The number of rotatable bonds is 10. The third-order valence-electron chi connectivity index (χ3n) is 4.02. The monoisotopic (exact) mass is 278 g/mol. The molecular formula is C17H30N2O. The van der Waals surface area contributed by atoms with Crippen LogP contribution in [0.3, 0.4) is 0 Å². The predicted octanol–water partition coefficient (Wildman–Crippen LogP) is 3.17. The van der Waals surface area contributed by atoms with Crippen molar-refractivity contribution in [1.82, 2.24) is 0 Å². The fraction of sp³-hybridized carbons (Fsp3) is 0.647. The van der Waals surface area contributed by atoms with Gasteiger partial charge in [-0.25, -0.2) is 0 Å². The summed E-state index contributed by atoms with van der Waals surface area (Å²) in [5, 5.41) is 9.37. The predicted molar refractivity (Wildman–Crippen MR) is 87.1 cm³/mol. The van der Waals surface area contributed by atoms with Crippen LogP contribution in [0.5, 0.6) is 0 Å². The maximum absolute atomic E-state index is 9.37. The largest absolute Gasteiger partial charge is 0.394 e. The minimum absolute atomic E-state index is 0.0732. The van der Waals surface area contributed by atoms with Gasteiger partial charge in [-0.05, 0) is 37.8 Å². The first-order chi connectivity index (χ1) is 9.65. The zero-order valence-corrected chi connectivity index (χ0v) is 13.0. The normalized spacial score (nSPS) is 14.0. The van der Waals surface area contributed by atoms with Crippen LogP contribution < -0.4 is 10.6 Å². The molecule has 1 aromatic carbocycles. The average molecular weight is 278 g/mol. The molecule has 3 heteroatoms. The molecule has 0 aliphatic heterocycles. The Morgan fingerprint density at radius 1 is 1.10 bits per heavy atom. The van der Waals surface area contributed by atoms with Gasteiger partial charge >= 0.3 is 0 Å². The van der Waals surface area contributed by atoms with Gasteiger partial charge in [-0.1, -0.05) is 38.5 Å². The van der Waals surface area contributed by atoms with E-state index in [9.17, 15) is 5.11 Å². The molecule has 114 valence electrons. The number of benzene rings is 1. The van der Waals surface area contributed by atoms with Crippen molar-refractivity contribution in [3.05, 3.63) is 30.3 Å². The van der Waals surface area contributed by atoms with Crippen LogP contribution in [0.25, 0.3) is 0 Å². The third kappa shape index (κ3) is 5.51. The second kappa shape index (κ2) is 8.98. The summed E-state index contributed by atoms with van der Waals surface area (Å²) in [7, 11) is 0. The summed E-state index contributed by atoms with van der Waals surface area (Å²) >= 11 is 0. The molecular weight excluding hydrogens is 248 g/mol. The maximum Gasteiger partial charge on any atom is 0.0611 e. The Balaban J connectivity index is 2.53. The van der Waals surface area contributed by atoms with Crippen LogP contribution >= 0.6 is 0 Å². The summed E-state index contributed by atoms with van der Waals surface area (Å²) in [6.07, 6.45) is 5.12. The summed E-state index contributed by atoms with van der Waals surface area (Å²) in [4.78, 5) is 2.43. The highest BCUT2D eigenvalue weighted by Crippen LogP contribution is 2.18. The van der Waals surface area contributed by atoms with E-state index in [0.29, 0.717) is 0 Å². The summed E-state index contributed by atoms with van der Waals surface area (Å²) < 4.78 is 0. The van der Waals surface area contributed by atoms with Crippen molar-refractivity contribution in [2.24, 2.45) is 5.73 Å². The van der Waals surface area contributed by atoms with Crippen LogP contribution in [0.1, 0.15) is 46.0 Å². The van der Waals surface area contributed by atoms with E-state index in [-0.39, 0.29) is 6.61 Å². The standard InChI is InChI=1S/C17H30N2O/c1-3-5-13-19(16-10-7-6-8-11-16)14-9-12-17(18,4-2)15-20/h6-8,10-11,20H,3-5,9,12-15,18H2,1-2H3. The van der Waals surface area contributed by atoms with Crippen LogP contribution in [0, 0.1) is 0 Å². The number of hydrogen-bond acceptors (Lipinski definition) is 3. The first-order valence-electron chi connectivity index (χ1n) is 7.85. The van der Waals surface area contributed by atoms with Gasteiger partial charge in [-0.3, -0.25) is 0 Å². The highest BCUT2D eigenvalue weighted by Gasteiger charge is 2.21. The Bertz CT molecular complexity index is 349. The summed E-state index contributed by atoms with van der Waals surface area (Å²) in [6, 6.07) is 10.5. The van der Waals surface area contributed by atoms with Gasteiger partial charge in [0.15, 0.2) is 0 Å². The quantitative estimate of drug-likeness (QED) is 0.691. The van der Waals surface area contributed by atoms with Crippen molar-refractivity contribution in [2.75, 3.05) is 24.6 Å². The molecule has 0 spiro atoms. The molecule has 0 bridgehead atoms. The van der Waals surface area contributed by atoms with Gasteiger partial charge < -0.3 is 15.7 Å². The van der Waals surface area contributed by atoms with Gasteiger partial charge in [-0.2, -0.15) is 0 Å². The molecule has 1 atom stereocenters. The molecule has 20 heavy (non-hydrogen) atoms. The van der Waals surface area contributed by atoms with E-state index in [1.54, 1.807) is 0 Å². The van der Waals surface area contributed by atoms with Crippen LogP contribution in [0.2, 0.25) is 0 Å². The highest BCUT2D eigenvalue weighted by atomic mass is 16.3. The van der Waals surface area contributed by atoms with E-state index in [1.807, 2.05) is 6.92 Å². The molecule has 0 heterocycles. The van der Waals surface area contributed by atoms with Crippen molar-refractivity contribution < 1.29 is 5.11 Å². The summed E-state index contributed by atoms with van der Waals surface area (Å²) in [6.45, 7) is 6.43. The van der Waals surface area contributed by atoms with E-state index >= 15 is 0 Å². The summed E-state index contributed by atoms with van der Waals surface area (Å²) in [5.41, 5.74) is 7.03. The first-order valence-corrected chi connectivity index (χ1v) is 7.85. The fourth-order valence-corrected chi connectivity index (χ4v) is 2.35. The van der Waals surface area contributed by atoms with Gasteiger partial charge in [0.25, 0.3) is 0 Å². The second-order valence-corrected chi connectivity index (χ2v) is 5.65. The third-order valence-corrected chi connectivity index (χ3v) is 4.02. The number of nitrogens with zero attached hydrogens (tertiary/aromatic N) is 1. The molecule has 3 nitrogen and oxygen atoms in total. The fourth-order valence-electron chi connectivity index (χ4n) is 2.35. The van der Waals surface area contributed by atoms with Crippen molar-refractivity contribution in [3.8, 4) is 0 Å². The van der Waals surface area contributed by atoms with E-state index in [0.717, 1.165) is 32.4 Å². The van der Waals surface area contributed by atoms with E-state index in [4.69, 9.17) is 5.73 Å². The smallest absolute Gasteiger partial charge is 0.0611 e. The van der Waals surface area contributed by atoms with Gasteiger partial charge in [-0.15, -0.1) is 0 Å². The minimum atomic E-state index is -0.410. The second-order valence-electron chi connectivity index (χ2n) is 5.65. The molecule has 1 aromatic rings. The van der Waals surface area contributed by atoms with Crippen molar-refractivity contribution in [3.63, 3.8) is 0 Å². The van der Waals surface area contributed by atoms with E-state index in [1.165, 1.54) is 18.5 Å². The number of aliphatic hydroxyl groups is 1. The van der Waals surface area contributed by atoms with Crippen LogP contribution in [-0.4, -0.2) is 30.3 Å².